The SMILES string of the molecule is COc1ccc(OC)c(N(CC(=O)Nc2ccc(C(C)C)cc2)S(=O)(=O)c2ccc(OC)c(OC)c2)c1. The predicted molar refractivity (Wildman–Crippen MR) is 143 cm³/mol. The summed E-state index contributed by atoms with van der Waals surface area (Å²) in [5.41, 5.74) is 1.81. The molecule has 0 aromatic heterocycles. The monoisotopic (exact) mass is 528 g/mol. The Kier molecular flexibility index (Phi) is 8.88. The number of nitrogens with one attached hydrogen (secondary N) is 1. The summed E-state index contributed by atoms with van der Waals surface area (Å²) in [4.78, 5) is 13.0. The maximum Gasteiger partial charge on any atom is 0.265 e. The van der Waals surface area contributed by atoms with Gasteiger partial charge in [-0.15, -0.1) is 0 Å². The van der Waals surface area contributed by atoms with E-state index in [1.165, 1.54) is 52.7 Å². The number of amides is 1. The largest absolute Gasteiger partial charge is 0.497 e. The Bertz CT molecular complexity index is 1340. The van der Waals surface area contributed by atoms with Crippen molar-refractivity contribution in [2.45, 2.75) is 24.7 Å². The molecule has 37 heavy (non-hydrogen) atoms. The fourth-order valence-electron chi connectivity index (χ4n) is 3.68. The van der Waals surface area contributed by atoms with Gasteiger partial charge in [-0.2, -0.15) is 0 Å². The highest BCUT2D eigenvalue weighted by atomic mass is 32.2. The van der Waals surface area contributed by atoms with Crippen molar-refractivity contribution < 1.29 is 32.2 Å². The third-order valence-corrected chi connectivity index (χ3v) is 7.50. The van der Waals surface area contributed by atoms with Gasteiger partial charge < -0.3 is 24.3 Å². The lowest BCUT2D eigenvalue weighted by atomic mass is 10.0. The highest BCUT2D eigenvalue weighted by molar-refractivity contribution is 7.92. The number of hydrogen-bond acceptors (Lipinski definition) is 7. The summed E-state index contributed by atoms with van der Waals surface area (Å²) in [5.74, 6) is 1.05. The van der Waals surface area contributed by atoms with Crippen molar-refractivity contribution in [3.63, 3.8) is 0 Å². The number of benzene rings is 3. The second kappa shape index (κ2) is 11.9. The zero-order valence-electron chi connectivity index (χ0n) is 21.8. The van der Waals surface area contributed by atoms with Gasteiger partial charge in [0.15, 0.2) is 11.5 Å². The Labute approximate surface area is 218 Å². The van der Waals surface area contributed by atoms with Crippen LogP contribution in [0.4, 0.5) is 11.4 Å². The first-order valence-electron chi connectivity index (χ1n) is 11.5. The molecule has 0 heterocycles. The summed E-state index contributed by atoms with van der Waals surface area (Å²) >= 11 is 0. The van der Waals surface area contributed by atoms with Gasteiger partial charge in [0.05, 0.1) is 39.0 Å². The van der Waals surface area contributed by atoms with E-state index in [0.717, 1.165) is 9.87 Å². The van der Waals surface area contributed by atoms with Gasteiger partial charge in [0.1, 0.15) is 18.0 Å². The van der Waals surface area contributed by atoms with E-state index in [2.05, 4.69) is 19.2 Å². The fraction of sp³-hybridized carbons (Fsp3) is 0.296. The van der Waals surface area contributed by atoms with E-state index in [4.69, 9.17) is 18.9 Å². The van der Waals surface area contributed by atoms with Gasteiger partial charge >= 0.3 is 0 Å². The maximum absolute atomic E-state index is 13.9. The molecule has 3 aromatic carbocycles. The van der Waals surface area contributed by atoms with Crippen molar-refractivity contribution >= 4 is 27.3 Å². The van der Waals surface area contributed by atoms with Crippen LogP contribution in [-0.4, -0.2) is 49.3 Å². The van der Waals surface area contributed by atoms with Crippen LogP contribution < -0.4 is 28.6 Å². The number of carbonyl (C=O) groups excluding carboxylic acids is 1. The van der Waals surface area contributed by atoms with Crippen molar-refractivity contribution in [2.75, 3.05) is 44.6 Å². The van der Waals surface area contributed by atoms with Crippen molar-refractivity contribution in [3.8, 4) is 23.0 Å². The van der Waals surface area contributed by atoms with Crippen molar-refractivity contribution in [1.82, 2.24) is 0 Å². The molecule has 3 rings (SSSR count). The van der Waals surface area contributed by atoms with Crippen LogP contribution >= 0.6 is 0 Å². The number of ether oxygens (including phenoxy) is 4. The lowest BCUT2D eigenvalue weighted by molar-refractivity contribution is -0.114. The standard InChI is InChI=1S/C27H32N2O7S/c1-18(2)19-7-9-20(10-8-19)28-27(30)17-29(23-15-21(33-3)11-13-24(23)34-4)37(31,32)22-12-14-25(35-5)26(16-22)36-6/h7-16,18H,17H2,1-6H3,(H,28,30). The Hall–Kier alpha value is -3.92. The molecule has 1 amide bonds. The highest BCUT2D eigenvalue weighted by Gasteiger charge is 2.31. The summed E-state index contributed by atoms with van der Waals surface area (Å²) < 4.78 is 50.1. The van der Waals surface area contributed by atoms with Crippen LogP contribution in [0.15, 0.2) is 65.6 Å². The van der Waals surface area contributed by atoms with Gasteiger partial charge in [-0.25, -0.2) is 8.42 Å². The zero-order chi connectivity index (χ0) is 27.2. The van der Waals surface area contributed by atoms with Crippen LogP contribution in [-0.2, 0) is 14.8 Å². The minimum atomic E-state index is -4.27. The number of hydrogen-bond donors (Lipinski definition) is 1. The molecule has 0 bridgehead atoms. The molecule has 0 unspecified atom stereocenters. The molecular formula is C27H32N2O7S. The van der Waals surface area contributed by atoms with Gasteiger partial charge in [-0.3, -0.25) is 9.10 Å². The molecule has 0 fully saturated rings. The number of sulfonamides is 1. The second-order valence-corrected chi connectivity index (χ2v) is 10.3. The van der Waals surface area contributed by atoms with Crippen molar-refractivity contribution in [1.29, 1.82) is 0 Å². The molecule has 198 valence electrons. The number of methoxy groups -OCH3 is 4. The number of carbonyl (C=O) groups is 1. The van der Waals surface area contributed by atoms with E-state index in [1.54, 1.807) is 24.3 Å². The molecule has 3 aromatic rings. The summed E-state index contributed by atoms with van der Waals surface area (Å²) in [6.07, 6.45) is 0. The van der Waals surface area contributed by atoms with Crippen LogP contribution in [0.1, 0.15) is 25.3 Å². The molecule has 9 nitrogen and oxygen atoms in total. The number of nitrogens with zero attached hydrogens (tertiary/aromatic N) is 1. The molecule has 0 aliphatic heterocycles. The lowest BCUT2D eigenvalue weighted by Crippen LogP contribution is -2.38. The van der Waals surface area contributed by atoms with Crippen LogP contribution in [0.25, 0.3) is 0 Å². The molecule has 0 radical (unpaired) electrons. The minimum absolute atomic E-state index is 0.0934. The Morgan fingerprint density at radius 1 is 0.811 bits per heavy atom. The first-order valence-corrected chi connectivity index (χ1v) is 12.9. The zero-order valence-corrected chi connectivity index (χ0v) is 22.6. The molecular weight excluding hydrogens is 496 g/mol. The predicted octanol–water partition coefficient (Wildman–Crippen LogP) is 4.68. The maximum atomic E-state index is 13.9. The third kappa shape index (κ3) is 6.26. The average Bonchev–Trinajstić information content (AvgIpc) is 2.91. The Morgan fingerprint density at radius 2 is 1.43 bits per heavy atom. The van der Waals surface area contributed by atoms with Crippen LogP contribution in [0.2, 0.25) is 0 Å². The van der Waals surface area contributed by atoms with Crippen LogP contribution in [0.3, 0.4) is 0 Å². The van der Waals surface area contributed by atoms with Crippen LogP contribution in [0.5, 0.6) is 23.0 Å². The van der Waals surface area contributed by atoms with Crippen molar-refractivity contribution in [3.05, 3.63) is 66.2 Å². The highest BCUT2D eigenvalue weighted by Crippen LogP contribution is 2.37. The second-order valence-electron chi connectivity index (χ2n) is 8.39. The first kappa shape index (κ1) is 27.7. The van der Waals surface area contributed by atoms with Gasteiger partial charge in [0, 0.05) is 17.8 Å². The van der Waals surface area contributed by atoms with E-state index in [9.17, 15) is 13.2 Å². The number of rotatable bonds is 11. The summed E-state index contributed by atoms with van der Waals surface area (Å²) in [5, 5.41) is 2.78. The Balaban J connectivity index is 2.05. The Morgan fingerprint density at radius 3 is 2.00 bits per heavy atom. The first-order chi connectivity index (χ1) is 17.6. The summed E-state index contributed by atoms with van der Waals surface area (Å²) in [6.45, 7) is 3.63. The van der Waals surface area contributed by atoms with Crippen LogP contribution in [0, 0.1) is 0 Å². The molecule has 0 saturated carbocycles. The van der Waals surface area contributed by atoms with E-state index in [0.29, 0.717) is 23.1 Å². The molecule has 0 aliphatic carbocycles. The van der Waals surface area contributed by atoms with Gasteiger partial charge in [0.25, 0.3) is 10.0 Å². The topological polar surface area (TPSA) is 103 Å². The average molecular weight is 529 g/mol. The van der Waals surface area contributed by atoms with E-state index < -0.39 is 22.5 Å². The molecule has 0 aliphatic rings. The van der Waals surface area contributed by atoms with Gasteiger partial charge in [0.2, 0.25) is 5.91 Å². The quantitative estimate of drug-likeness (QED) is 0.385. The van der Waals surface area contributed by atoms with Crippen molar-refractivity contribution in [2.24, 2.45) is 0 Å². The number of anilines is 2. The van der Waals surface area contributed by atoms with Gasteiger partial charge in [-0.05, 0) is 47.9 Å². The summed E-state index contributed by atoms with van der Waals surface area (Å²) in [6, 6.07) is 16.3. The van der Waals surface area contributed by atoms with E-state index in [1.807, 2.05) is 12.1 Å². The minimum Gasteiger partial charge on any atom is -0.497 e. The lowest BCUT2D eigenvalue weighted by Gasteiger charge is -2.26. The van der Waals surface area contributed by atoms with E-state index >= 15 is 0 Å². The molecule has 0 spiro atoms. The van der Waals surface area contributed by atoms with E-state index in [-0.39, 0.29) is 22.1 Å². The molecule has 0 atom stereocenters. The normalized spacial score (nSPS) is 11.1. The smallest absolute Gasteiger partial charge is 0.265 e. The fourth-order valence-corrected chi connectivity index (χ4v) is 5.12. The molecule has 1 N–H and O–H groups in total. The summed E-state index contributed by atoms with van der Waals surface area (Å²) in [7, 11) is 1.48. The third-order valence-electron chi connectivity index (χ3n) is 5.75. The molecule has 0 saturated heterocycles. The molecule has 10 heteroatoms. The van der Waals surface area contributed by atoms with Gasteiger partial charge in [-0.1, -0.05) is 26.0 Å².